The van der Waals surface area contributed by atoms with Crippen molar-refractivity contribution in [3.8, 4) is 5.75 Å². The maximum absolute atomic E-state index is 13.6. The number of pyridine rings is 1. The first kappa shape index (κ1) is 30.3. The van der Waals surface area contributed by atoms with Gasteiger partial charge in [-0.05, 0) is 38.6 Å². The summed E-state index contributed by atoms with van der Waals surface area (Å²) in [6.07, 6.45) is 2.60. The van der Waals surface area contributed by atoms with Gasteiger partial charge >= 0.3 is 5.97 Å². The number of thioether (sulfide) groups is 1. The summed E-state index contributed by atoms with van der Waals surface area (Å²) in [4.78, 5) is 82.5. The molecule has 0 aliphatic carbocycles. The number of carbonyl (C=O) groups is 4. The molecule has 6 rings (SSSR count). The number of anilines is 1. The molecule has 0 bridgehead atoms. The lowest BCUT2D eigenvalue weighted by atomic mass is 9.95. The molecule has 16 heteroatoms. The number of aromatic amines is 1. The number of amides is 3. The number of fused-ring (bicyclic) bond motifs is 2. The number of aromatic nitrogens is 3. The molecule has 4 atom stereocenters. The Hall–Kier alpha value is -4.70. The second kappa shape index (κ2) is 11.3. The monoisotopic (exact) mass is 636 g/mol. The molecule has 0 unspecified atom stereocenters. The van der Waals surface area contributed by atoms with E-state index in [0.29, 0.717) is 5.95 Å². The van der Waals surface area contributed by atoms with Gasteiger partial charge in [-0.3, -0.25) is 19.2 Å². The van der Waals surface area contributed by atoms with Crippen LogP contribution in [0.5, 0.6) is 5.75 Å². The second-order valence-electron chi connectivity index (χ2n) is 11.8. The molecule has 3 amide bonds. The van der Waals surface area contributed by atoms with E-state index in [4.69, 9.17) is 0 Å². The molecule has 3 aliphatic rings. The first-order valence-electron chi connectivity index (χ1n) is 14.3. The highest BCUT2D eigenvalue weighted by molar-refractivity contribution is 8.01. The minimum Gasteiger partial charge on any atom is -0.508 e. The number of rotatable bonds is 7. The van der Waals surface area contributed by atoms with Crippen molar-refractivity contribution in [2.45, 2.75) is 42.1 Å². The number of β-lactam (4-membered cyclic amide) rings is 1. The quantitative estimate of drug-likeness (QED) is 0.216. The van der Waals surface area contributed by atoms with Crippen molar-refractivity contribution >= 4 is 52.4 Å². The van der Waals surface area contributed by atoms with E-state index in [2.05, 4.69) is 30.5 Å². The number of carbonyl (C=O) groups excluding carboxylic acids is 3. The molecule has 0 radical (unpaired) electrons. The van der Waals surface area contributed by atoms with Gasteiger partial charge in [0.1, 0.15) is 40.5 Å². The number of carboxylic acid groups (broad SMARTS) is 1. The number of piperazine rings is 1. The fourth-order valence-electron chi connectivity index (χ4n) is 5.89. The van der Waals surface area contributed by atoms with Crippen LogP contribution < -0.4 is 21.0 Å². The van der Waals surface area contributed by atoms with Gasteiger partial charge in [0.2, 0.25) is 23.2 Å². The molecule has 2 aromatic heterocycles. The van der Waals surface area contributed by atoms with Crippen molar-refractivity contribution in [3.05, 3.63) is 58.0 Å². The number of phenols is 1. The number of phenolic OH excluding ortho intramolecular Hbond substituents is 1. The second-order valence-corrected chi connectivity index (χ2v) is 13.6. The van der Waals surface area contributed by atoms with E-state index in [0.717, 1.165) is 26.2 Å². The molecule has 1 aromatic carbocycles. The number of aromatic hydroxyl groups is 1. The average molecular weight is 637 g/mol. The van der Waals surface area contributed by atoms with Crippen molar-refractivity contribution in [1.29, 1.82) is 0 Å². The lowest BCUT2D eigenvalue weighted by Gasteiger charge is -2.44. The van der Waals surface area contributed by atoms with Gasteiger partial charge in [0.15, 0.2) is 0 Å². The summed E-state index contributed by atoms with van der Waals surface area (Å²) in [5, 5.41) is 24.2. The summed E-state index contributed by atoms with van der Waals surface area (Å²) in [7, 11) is 2.03. The molecule has 3 aliphatic heterocycles. The lowest BCUT2D eigenvalue weighted by Crippen LogP contribution is -2.71. The summed E-state index contributed by atoms with van der Waals surface area (Å²) >= 11 is 1.27. The Bertz CT molecular complexity index is 1760. The van der Waals surface area contributed by atoms with E-state index in [1.807, 2.05) is 11.9 Å². The van der Waals surface area contributed by atoms with E-state index in [1.165, 1.54) is 53.3 Å². The van der Waals surface area contributed by atoms with Gasteiger partial charge in [-0.2, -0.15) is 4.98 Å². The number of nitrogens with zero attached hydrogens (tertiary/aromatic N) is 5. The van der Waals surface area contributed by atoms with E-state index in [9.17, 15) is 34.2 Å². The summed E-state index contributed by atoms with van der Waals surface area (Å²) < 4.78 is -0.789. The van der Waals surface area contributed by atoms with Crippen LogP contribution in [-0.2, 0) is 14.4 Å². The van der Waals surface area contributed by atoms with Gasteiger partial charge in [-0.25, -0.2) is 9.78 Å². The maximum Gasteiger partial charge on any atom is 0.327 e. The van der Waals surface area contributed by atoms with Crippen molar-refractivity contribution in [3.63, 3.8) is 0 Å². The van der Waals surface area contributed by atoms with Crippen LogP contribution >= 0.6 is 11.8 Å². The predicted octanol–water partition coefficient (Wildman–Crippen LogP) is -0.122. The van der Waals surface area contributed by atoms with Gasteiger partial charge in [0, 0.05) is 43.3 Å². The third-order valence-corrected chi connectivity index (χ3v) is 9.96. The number of hydrogen-bond acceptors (Lipinski definition) is 11. The predicted molar refractivity (Wildman–Crippen MR) is 164 cm³/mol. The molecule has 15 nitrogen and oxygen atoms in total. The van der Waals surface area contributed by atoms with Crippen LogP contribution in [0.3, 0.4) is 0 Å². The van der Waals surface area contributed by atoms with Crippen LogP contribution in [0.15, 0.2) is 41.5 Å². The van der Waals surface area contributed by atoms with E-state index in [-0.39, 0.29) is 27.9 Å². The fourth-order valence-corrected chi connectivity index (χ4v) is 7.51. The molecular formula is C29H32N8O7S. The van der Waals surface area contributed by atoms with Crippen LogP contribution in [0.2, 0.25) is 0 Å². The van der Waals surface area contributed by atoms with Crippen LogP contribution in [0, 0.1) is 0 Å². The van der Waals surface area contributed by atoms with Crippen LogP contribution in [0.1, 0.15) is 35.8 Å². The van der Waals surface area contributed by atoms with Crippen molar-refractivity contribution in [1.82, 2.24) is 35.4 Å². The van der Waals surface area contributed by atoms with Gasteiger partial charge in [-0.15, -0.1) is 11.8 Å². The Labute approximate surface area is 261 Å². The Morgan fingerprint density at radius 3 is 2.47 bits per heavy atom. The number of carboxylic acids is 1. The Balaban J connectivity index is 1.23. The summed E-state index contributed by atoms with van der Waals surface area (Å²) in [6, 6.07) is 2.11. The highest BCUT2D eigenvalue weighted by Gasteiger charge is 2.64. The molecule has 3 fully saturated rings. The van der Waals surface area contributed by atoms with E-state index < -0.39 is 57.4 Å². The Kier molecular flexibility index (Phi) is 7.64. The number of benzene rings is 1. The molecule has 3 saturated heterocycles. The van der Waals surface area contributed by atoms with Gasteiger partial charge in [0.05, 0.1) is 5.39 Å². The SMILES string of the molecule is CN1CCN(c2ncc3c(=O)c(C(=O)N[C@@H](C(=O)N[C@@H]4C(=O)N5[C@@H]4SC(C)(C)[C@@H]5C(=O)O)c4ccc(O)cc4)c[nH]c3n2)CC1. The zero-order chi connectivity index (χ0) is 32.2. The number of likely N-dealkylation sites (N-methyl/N-ethyl adjacent to an activating group) is 1. The van der Waals surface area contributed by atoms with Crippen LogP contribution in [0.4, 0.5) is 5.95 Å². The number of H-pyrrole nitrogens is 1. The minimum absolute atomic E-state index is 0.0692. The normalized spacial score (nSPS) is 23.3. The number of aliphatic carboxylic acids is 1. The molecular weight excluding hydrogens is 604 g/mol. The van der Waals surface area contributed by atoms with Crippen LogP contribution in [-0.4, -0.2) is 114 Å². The molecule has 236 valence electrons. The molecule has 0 saturated carbocycles. The standard InChI is InChI=1S/C29H32N8O7S/c1-29(2)21(27(43)44)37-25(42)19(26(37)45-29)33-24(41)18(14-4-6-15(38)7-5-14)32-23(40)17-13-30-22-16(20(17)39)12-31-28(34-22)36-10-8-35(3)9-11-36/h4-7,12-13,18-19,21,26,38H,8-11H2,1-3H3,(H,32,40)(H,33,41)(H,43,44)(H,30,31,34,39)/t18-,19-,21+,26-/m1/s1. The summed E-state index contributed by atoms with van der Waals surface area (Å²) in [5.41, 5.74) is -0.371. The topological polar surface area (TPSA) is 201 Å². The molecule has 5 N–H and O–H groups in total. The first-order valence-corrected chi connectivity index (χ1v) is 15.2. The van der Waals surface area contributed by atoms with Gasteiger partial charge in [0.25, 0.3) is 5.91 Å². The highest BCUT2D eigenvalue weighted by atomic mass is 32.2. The molecule has 5 heterocycles. The lowest BCUT2D eigenvalue weighted by molar-refractivity contribution is -0.161. The number of hydrogen-bond donors (Lipinski definition) is 5. The third-order valence-electron chi connectivity index (χ3n) is 8.39. The summed E-state index contributed by atoms with van der Waals surface area (Å²) in [6.45, 7) is 6.60. The number of nitrogens with one attached hydrogen (secondary N) is 3. The maximum atomic E-state index is 13.6. The molecule has 45 heavy (non-hydrogen) atoms. The van der Waals surface area contributed by atoms with E-state index >= 15 is 0 Å². The van der Waals surface area contributed by atoms with Crippen molar-refractivity contribution in [2.75, 3.05) is 38.1 Å². The Morgan fingerprint density at radius 2 is 1.80 bits per heavy atom. The van der Waals surface area contributed by atoms with Gasteiger partial charge < -0.3 is 40.5 Å². The third kappa shape index (κ3) is 5.44. The summed E-state index contributed by atoms with van der Waals surface area (Å²) in [5.74, 6) is -2.89. The zero-order valence-electron chi connectivity index (χ0n) is 24.7. The first-order chi connectivity index (χ1) is 21.4. The largest absolute Gasteiger partial charge is 0.508 e. The zero-order valence-corrected chi connectivity index (χ0v) is 25.5. The van der Waals surface area contributed by atoms with Crippen molar-refractivity contribution < 1.29 is 29.4 Å². The minimum atomic E-state index is -1.36. The van der Waals surface area contributed by atoms with Crippen molar-refractivity contribution in [2.24, 2.45) is 0 Å². The average Bonchev–Trinajstić information content (AvgIpc) is 3.27. The van der Waals surface area contributed by atoms with E-state index in [1.54, 1.807) is 13.8 Å². The Morgan fingerprint density at radius 1 is 1.11 bits per heavy atom. The molecule has 3 aromatic rings. The highest BCUT2D eigenvalue weighted by Crippen LogP contribution is 2.50. The van der Waals surface area contributed by atoms with Gasteiger partial charge in [-0.1, -0.05) is 12.1 Å². The smallest absolute Gasteiger partial charge is 0.327 e. The molecule has 0 spiro atoms. The van der Waals surface area contributed by atoms with Crippen LogP contribution in [0.25, 0.3) is 11.0 Å². The fraction of sp³-hybridized carbons (Fsp3) is 0.414.